The average Bonchev–Trinajstić information content (AvgIpc) is 2.40. The highest BCUT2D eigenvalue weighted by atomic mass is 79.9. The van der Waals surface area contributed by atoms with Crippen molar-refractivity contribution in [3.63, 3.8) is 0 Å². The molecule has 0 bridgehead atoms. The fourth-order valence-electron chi connectivity index (χ4n) is 2.20. The Labute approximate surface area is 113 Å². The molecule has 0 atom stereocenters. The number of hydrogen-bond donors (Lipinski definition) is 0. The van der Waals surface area contributed by atoms with E-state index in [0.29, 0.717) is 5.39 Å². The second-order valence-corrected chi connectivity index (χ2v) is 4.98. The zero-order valence-corrected chi connectivity index (χ0v) is 11.1. The Morgan fingerprint density at radius 2 is 1.39 bits per heavy atom. The molecule has 0 aromatic heterocycles. The van der Waals surface area contributed by atoms with E-state index >= 15 is 0 Å². The van der Waals surface area contributed by atoms with E-state index in [1.165, 1.54) is 6.07 Å². The first-order valence-corrected chi connectivity index (χ1v) is 6.49. The number of halogens is 2. The lowest BCUT2D eigenvalue weighted by Gasteiger charge is -2.10. The van der Waals surface area contributed by atoms with Crippen molar-refractivity contribution < 1.29 is 4.39 Å². The number of benzene rings is 3. The maximum Gasteiger partial charge on any atom is 0.132 e. The molecule has 0 aliphatic rings. The number of hydrogen-bond acceptors (Lipinski definition) is 0. The SMILES string of the molecule is Fc1cc(Br)c(-c2ccccc2)c2ccccc12. The summed E-state index contributed by atoms with van der Waals surface area (Å²) in [6.07, 6.45) is 0. The van der Waals surface area contributed by atoms with Crippen LogP contribution < -0.4 is 0 Å². The summed E-state index contributed by atoms with van der Waals surface area (Å²) in [6.45, 7) is 0. The second kappa shape index (κ2) is 4.54. The van der Waals surface area contributed by atoms with Gasteiger partial charge in [-0.2, -0.15) is 0 Å². The van der Waals surface area contributed by atoms with Crippen molar-refractivity contribution >= 4 is 26.7 Å². The van der Waals surface area contributed by atoms with Crippen molar-refractivity contribution in [1.82, 2.24) is 0 Å². The average molecular weight is 301 g/mol. The molecule has 3 aromatic carbocycles. The molecule has 0 amide bonds. The second-order valence-electron chi connectivity index (χ2n) is 4.13. The first kappa shape index (κ1) is 11.4. The molecule has 0 nitrogen and oxygen atoms in total. The van der Waals surface area contributed by atoms with Gasteiger partial charge in [-0.3, -0.25) is 0 Å². The van der Waals surface area contributed by atoms with E-state index in [1.807, 2.05) is 54.6 Å². The molecule has 2 heteroatoms. The van der Waals surface area contributed by atoms with E-state index < -0.39 is 0 Å². The third-order valence-electron chi connectivity index (χ3n) is 3.01. The van der Waals surface area contributed by atoms with Gasteiger partial charge in [0.15, 0.2) is 0 Å². The highest BCUT2D eigenvalue weighted by Crippen LogP contribution is 2.36. The van der Waals surface area contributed by atoms with Gasteiger partial charge in [0.25, 0.3) is 0 Å². The monoisotopic (exact) mass is 300 g/mol. The lowest BCUT2D eigenvalue weighted by Crippen LogP contribution is -1.87. The number of rotatable bonds is 1. The summed E-state index contributed by atoms with van der Waals surface area (Å²) in [5.74, 6) is -0.197. The fraction of sp³-hybridized carbons (Fsp3) is 0. The lowest BCUT2D eigenvalue weighted by molar-refractivity contribution is 0.639. The van der Waals surface area contributed by atoms with Crippen molar-refractivity contribution in [3.8, 4) is 11.1 Å². The maximum absolute atomic E-state index is 13.9. The molecular formula is C16H10BrF. The Morgan fingerprint density at radius 3 is 2.11 bits per heavy atom. The van der Waals surface area contributed by atoms with Crippen LogP contribution in [0, 0.1) is 5.82 Å². The van der Waals surface area contributed by atoms with Crippen LogP contribution in [0.4, 0.5) is 4.39 Å². The van der Waals surface area contributed by atoms with E-state index in [0.717, 1.165) is 21.0 Å². The molecule has 0 N–H and O–H groups in total. The van der Waals surface area contributed by atoms with Crippen LogP contribution in [-0.4, -0.2) is 0 Å². The predicted molar refractivity (Wildman–Crippen MR) is 77.0 cm³/mol. The van der Waals surface area contributed by atoms with Crippen LogP contribution in [0.5, 0.6) is 0 Å². The maximum atomic E-state index is 13.9. The molecular weight excluding hydrogens is 291 g/mol. The molecule has 0 aliphatic heterocycles. The molecule has 0 fully saturated rings. The molecule has 0 saturated heterocycles. The molecule has 18 heavy (non-hydrogen) atoms. The normalized spacial score (nSPS) is 10.8. The molecule has 0 radical (unpaired) electrons. The Kier molecular flexibility index (Phi) is 2.88. The van der Waals surface area contributed by atoms with Gasteiger partial charge in [0, 0.05) is 15.4 Å². The van der Waals surface area contributed by atoms with Gasteiger partial charge in [-0.15, -0.1) is 0 Å². The first-order valence-electron chi connectivity index (χ1n) is 5.69. The Hall–Kier alpha value is -1.67. The molecule has 0 heterocycles. The molecule has 0 saturated carbocycles. The minimum atomic E-state index is -0.197. The van der Waals surface area contributed by atoms with Crippen molar-refractivity contribution in [2.24, 2.45) is 0 Å². The number of fused-ring (bicyclic) bond motifs is 1. The highest BCUT2D eigenvalue weighted by Gasteiger charge is 2.11. The van der Waals surface area contributed by atoms with Crippen molar-refractivity contribution in [3.05, 3.63) is 71.0 Å². The van der Waals surface area contributed by atoms with Gasteiger partial charge < -0.3 is 0 Å². The molecule has 3 rings (SSSR count). The van der Waals surface area contributed by atoms with Crippen LogP contribution in [0.3, 0.4) is 0 Å². The third kappa shape index (κ3) is 1.83. The predicted octanol–water partition coefficient (Wildman–Crippen LogP) is 5.41. The summed E-state index contributed by atoms with van der Waals surface area (Å²) in [5.41, 5.74) is 2.12. The molecule has 88 valence electrons. The van der Waals surface area contributed by atoms with Crippen LogP contribution in [0.1, 0.15) is 0 Å². The van der Waals surface area contributed by atoms with Gasteiger partial charge in [-0.05, 0) is 17.0 Å². The zero-order valence-electron chi connectivity index (χ0n) is 9.53. The van der Waals surface area contributed by atoms with Crippen LogP contribution >= 0.6 is 15.9 Å². The third-order valence-corrected chi connectivity index (χ3v) is 3.63. The summed E-state index contributed by atoms with van der Waals surface area (Å²) >= 11 is 3.46. The van der Waals surface area contributed by atoms with E-state index in [1.54, 1.807) is 0 Å². The van der Waals surface area contributed by atoms with Gasteiger partial charge in [0.05, 0.1) is 0 Å². The Balaban J connectivity index is 2.42. The summed E-state index contributed by atoms with van der Waals surface area (Å²) < 4.78 is 14.7. The highest BCUT2D eigenvalue weighted by molar-refractivity contribution is 9.10. The largest absolute Gasteiger partial charge is 0.206 e. The van der Waals surface area contributed by atoms with Crippen molar-refractivity contribution in [2.75, 3.05) is 0 Å². The van der Waals surface area contributed by atoms with E-state index in [-0.39, 0.29) is 5.82 Å². The first-order chi connectivity index (χ1) is 8.77. The molecule has 0 unspecified atom stereocenters. The van der Waals surface area contributed by atoms with Gasteiger partial charge in [-0.25, -0.2) is 4.39 Å². The Bertz CT molecular complexity index is 705. The molecule has 0 aliphatic carbocycles. The minimum absolute atomic E-state index is 0.197. The lowest BCUT2D eigenvalue weighted by atomic mass is 9.98. The topological polar surface area (TPSA) is 0 Å². The Morgan fingerprint density at radius 1 is 0.778 bits per heavy atom. The fourth-order valence-corrected chi connectivity index (χ4v) is 2.84. The van der Waals surface area contributed by atoms with E-state index in [9.17, 15) is 4.39 Å². The van der Waals surface area contributed by atoms with Gasteiger partial charge >= 0.3 is 0 Å². The molecule has 3 aromatic rings. The van der Waals surface area contributed by atoms with Gasteiger partial charge in [-0.1, -0.05) is 70.5 Å². The standard InChI is InChI=1S/C16H10BrF/c17-14-10-15(18)12-8-4-5-9-13(12)16(14)11-6-2-1-3-7-11/h1-10H. The summed E-state index contributed by atoms with van der Waals surface area (Å²) in [4.78, 5) is 0. The van der Waals surface area contributed by atoms with Crippen LogP contribution in [0.2, 0.25) is 0 Å². The van der Waals surface area contributed by atoms with Crippen LogP contribution in [0.15, 0.2) is 65.1 Å². The van der Waals surface area contributed by atoms with E-state index in [4.69, 9.17) is 0 Å². The van der Waals surface area contributed by atoms with Crippen molar-refractivity contribution in [2.45, 2.75) is 0 Å². The minimum Gasteiger partial charge on any atom is -0.206 e. The van der Waals surface area contributed by atoms with Crippen LogP contribution in [-0.2, 0) is 0 Å². The summed E-state index contributed by atoms with van der Waals surface area (Å²) in [5, 5.41) is 1.58. The molecule has 0 spiro atoms. The van der Waals surface area contributed by atoms with Gasteiger partial charge in [0.1, 0.15) is 5.82 Å². The van der Waals surface area contributed by atoms with Gasteiger partial charge in [0.2, 0.25) is 0 Å². The quantitative estimate of drug-likeness (QED) is 0.564. The summed E-state index contributed by atoms with van der Waals surface area (Å²) in [6, 6.07) is 19.1. The van der Waals surface area contributed by atoms with Crippen molar-refractivity contribution in [1.29, 1.82) is 0 Å². The summed E-state index contributed by atoms with van der Waals surface area (Å²) in [7, 11) is 0. The van der Waals surface area contributed by atoms with Crippen LogP contribution in [0.25, 0.3) is 21.9 Å². The smallest absolute Gasteiger partial charge is 0.132 e. The van der Waals surface area contributed by atoms with E-state index in [2.05, 4.69) is 15.9 Å². The zero-order chi connectivity index (χ0) is 12.5.